The van der Waals surface area contributed by atoms with Crippen LogP contribution in [0.1, 0.15) is 5.56 Å². The Morgan fingerprint density at radius 1 is 1.00 bits per heavy atom. The summed E-state index contributed by atoms with van der Waals surface area (Å²) in [5.74, 6) is 1.56. The number of hydrogen-bond donors (Lipinski definition) is 0. The average Bonchev–Trinajstić information content (AvgIpc) is 2.46. The second kappa shape index (κ2) is 6.56. The molecule has 0 aromatic heterocycles. The number of nitrogens with zero attached hydrogens (tertiary/aromatic N) is 1. The molecule has 0 aliphatic heterocycles. The van der Waals surface area contributed by atoms with Crippen molar-refractivity contribution >= 4 is 34.5 Å². The van der Waals surface area contributed by atoms with Gasteiger partial charge < -0.3 is 9.47 Å². The smallest absolute Gasteiger partial charge is 0.127 e. The maximum Gasteiger partial charge on any atom is 0.127 e. The fraction of sp³-hybridized carbons (Fsp3) is 0.133. The first-order valence-corrected chi connectivity index (χ1v) is 6.82. The fourth-order valence-corrected chi connectivity index (χ4v) is 1.97. The van der Waals surface area contributed by atoms with E-state index in [9.17, 15) is 0 Å². The number of hydrogen-bond acceptors (Lipinski definition) is 3. The van der Waals surface area contributed by atoms with Crippen molar-refractivity contribution in [3.63, 3.8) is 0 Å². The molecule has 0 N–H and O–H groups in total. The van der Waals surface area contributed by atoms with Crippen LogP contribution in [0.25, 0.3) is 0 Å². The molecular weight excluding hydrogens is 353 g/mol. The lowest BCUT2D eigenvalue weighted by molar-refractivity contribution is 0.402. The molecule has 0 radical (unpaired) electrons. The molecule has 0 bridgehead atoms. The van der Waals surface area contributed by atoms with E-state index >= 15 is 0 Å². The minimum absolute atomic E-state index is 0.773. The van der Waals surface area contributed by atoms with Gasteiger partial charge in [-0.3, -0.25) is 4.99 Å². The average molecular weight is 367 g/mol. The Hall–Kier alpha value is -1.56. The van der Waals surface area contributed by atoms with Crippen molar-refractivity contribution in [1.82, 2.24) is 0 Å². The summed E-state index contributed by atoms with van der Waals surface area (Å²) in [7, 11) is 3.28. The standard InChI is InChI=1S/C15H14INO2/c1-18-14-7-8-15(19-2)11(9-14)10-17-13-5-3-12(16)4-6-13/h3-10H,1-2H3. The Morgan fingerprint density at radius 3 is 2.37 bits per heavy atom. The van der Waals surface area contributed by atoms with Crippen molar-refractivity contribution in [2.45, 2.75) is 0 Å². The van der Waals surface area contributed by atoms with Crippen LogP contribution in [-0.4, -0.2) is 20.4 Å². The van der Waals surface area contributed by atoms with Crippen LogP contribution in [0.15, 0.2) is 47.5 Å². The second-order valence-corrected chi connectivity index (χ2v) is 5.09. The highest BCUT2D eigenvalue weighted by molar-refractivity contribution is 14.1. The van der Waals surface area contributed by atoms with Crippen molar-refractivity contribution in [2.75, 3.05) is 14.2 Å². The third-order valence-corrected chi connectivity index (χ3v) is 3.34. The molecule has 2 aromatic rings. The van der Waals surface area contributed by atoms with Crippen LogP contribution in [0.2, 0.25) is 0 Å². The monoisotopic (exact) mass is 367 g/mol. The first-order valence-electron chi connectivity index (χ1n) is 5.74. The Balaban J connectivity index is 2.28. The maximum atomic E-state index is 5.30. The molecule has 0 saturated heterocycles. The molecule has 0 heterocycles. The zero-order chi connectivity index (χ0) is 13.7. The summed E-state index contributed by atoms with van der Waals surface area (Å²) in [6.45, 7) is 0. The molecule has 0 atom stereocenters. The van der Waals surface area contributed by atoms with E-state index in [1.165, 1.54) is 3.57 Å². The Morgan fingerprint density at radius 2 is 1.74 bits per heavy atom. The number of halogens is 1. The van der Waals surface area contributed by atoms with E-state index in [0.29, 0.717) is 0 Å². The largest absolute Gasteiger partial charge is 0.497 e. The SMILES string of the molecule is COc1ccc(OC)c(C=Nc2ccc(I)cc2)c1. The van der Waals surface area contributed by atoms with Crippen LogP contribution in [-0.2, 0) is 0 Å². The molecular formula is C15H14INO2. The molecule has 3 nitrogen and oxygen atoms in total. The first-order chi connectivity index (χ1) is 9.22. The quantitative estimate of drug-likeness (QED) is 0.603. The van der Waals surface area contributed by atoms with Gasteiger partial charge in [-0.1, -0.05) is 0 Å². The predicted octanol–water partition coefficient (Wildman–Crippen LogP) is 4.06. The lowest BCUT2D eigenvalue weighted by atomic mass is 10.2. The van der Waals surface area contributed by atoms with Crippen molar-refractivity contribution < 1.29 is 9.47 Å². The minimum Gasteiger partial charge on any atom is -0.497 e. The van der Waals surface area contributed by atoms with Gasteiger partial charge in [-0.15, -0.1) is 0 Å². The molecule has 0 saturated carbocycles. The Labute approximate surface area is 126 Å². The predicted molar refractivity (Wildman–Crippen MR) is 86.0 cm³/mol. The normalized spacial score (nSPS) is 10.7. The number of aliphatic imine (C=N–C) groups is 1. The number of benzene rings is 2. The van der Waals surface area contributed by atoms with Gasteiger partial charge in [0.05, 0.1) is 19.9 Å². The summed E-state index contributed by atoms with van der Waals surface area (Å²) in [6.07, 6.45) is 1.78. The number of methoxy groups -OCH3 is 2. The van der Waals surface area contributed by atoms with E-state index in [-0.39, 0.29) is 0 Å². The summed E-state index contributed by atoms with van der Waals surface area (Å²) >= 11 is 2.27. The van der Waals surface area contributed by atoms with Gasteiger partial charge in [0.1, 0.15) is 11.5 Å². The van der Waals surface area contributed by atoms with Crippen molar-refractivity contribution in [3.8, 4) is 11.5 Å². The summed E-state index contributed by atoms with van der Waals surface area (Å²) in [5, 5.41) is 0. The van der Waals surface area contributed by atoms with E-state index in [0.717, 1.165) is 22.7 Å². The van der Waals surface area contributed by atoms with Gasteiger partial charge in [-0.2, -0.15) is 0 Å². The molecule has 2 aromatic carbocycles. The van der Waals surface area contributed by atoms with Gasteiger partial charge in [0.15, 0.2) is 0 Å². The number of ether oxygens (including phenoxy) is 2. The van der Waals surface area contributed by atoms with E-state index in [1.54, 1.807) is 20.4 Å². The van der Waals surface area contributed by atoms with Gasteiger partial charge >= 0.3 is 0 Å². The molecule has 0 fully saturated rings. The van der Waals surface area contributed by atoms with E-state index in [2.05, 4.69) is 27.6 Å². The summed E-state index contributed by atoms with van der Waals surface area (Å²) < 4.78 is 11.7. The van der Waals surface area contributed by atoms with E-state index < -0.39 is 0 Å². The first kappa shape index (κ1) is 13.9. The van der Waals surface area contributed by atoms with Crippen LogP contribution in [0.3, 0.4) is 0 Å². The Kier molecular flexibility index (Phi) is 4.79. The van der Waals surface area contributed by atoms with Gasteiger partial charge in [0.25, 0.3) is 0 Å². The molecule has 2 rings (SSSR count). The number of rotatable bonds is 4. The van der Waals surface area contributed by atoms with Crippen LogP contribution in [0.5, 0.6) is 11.5 Å². The molecule has 0 spiro atoms. The van der Waals surface area contributed by atoms with Gasteiger partial charge in [-0.05, 0) is 65.1 Å². The molecule has 0 amide bonds. The second-order valence-electron chi connectivity index (χ2n) is 3.84. The molecule has 0 unspecified atom stereocenters. The summed E-state index contributed by atoms with van der Waals surface area (Å²) in [6, 6.07) is 13.6. The molecule has 0 aliphatic carbocycles. The molecule has 0 aliphatic rings. The third kappa shape index (κ3) is 3.70. The highest BCUT2D eigenvalue weighted by Crippen LogP contribution is 2.23. The molecule has 98 valence electrons. The van der Waals surface area contributed by atoms with E-state index in [1.807, 2.05) is 42.5 Å². The highest BCUT2D eigenvalue weighted by atomic mass is 127. The van der Waals surface area contributed by atoms with Gasteiger partial charge in [-0.25, -0.2) is 0 Å². The van der Waals surface area contributed by atoms with Crippen LogP contribution < -0.4 is 9.47 Å². The van der Waals surface area contributed by atoms with Crippen molar-refractivity contribution in [1.29, 1.82) is 0 Å². The lowest BCUT2D eigenvalue weighted by Gasteiger charge is -2.06. The zero-order valence-electron chi connectivity index (χ0n) is 10.8. The summed E-state index contributed by atoms with van der Waals surface area (Å²) in [5.41, 5.74) is 1.80. The zero-order valence-corrected chi connectivity index (χ0v) is 12.9. The highest BCUT2D eigenvalue weighted by Gasteiger charge is 2.02. The minimum atomic E-state index is 0.773. The lowest BCUT2D eigenvalue weighted by Crippen LogP contribution is -1.92. The molecule has 4 heteroatoms. The van der Waals surface area contributed by atoms with Gasteiger partial charge in [0, 0.05) is 15.3 Å². The Bertz CT molecular complexity index is 579. The fourth-order valence-electron chi connectivity index (χ4n) is 1.61. The third-order valence-electron chi connectivity index (χ3n) is 2.62. The summed E-state index contributed by atoms with van der Waals surface area (Å²) in [4.78, 5) is 4.44. The molecule has 19 heavy (non-hydrogen) atoms. The van der Waals surface area contributed by atoms with Crippen LogP contribution in [0, 0.1) is 3.57 Å². The van der Waals surface area contributed by atoms with Crippen LogP contribution >= 0.6 is 22.6 Å². The van der Waals surface area contributed by atoms with Gasteiger partial charge in [0.2, 0.25) is 0 Å². The van der Waals surface area contributed by atoms with E-state index in [4.69, 9.17) is 9.47 Å². The topological polar surface area (TPSA) is 30.8 Å². The van der Waals surface area contributed by atoms with Crippen molar-refractivity contribution in [3.05, 3.63) is 51.6 Å². The maximum absolute atomic E-state index is 5.30. The van der Waals surface area contributed by atoms with Crippen molar-refractivity contribution in [2.24, 2.45) is 4.99 Å². The van der Waals surface area contributed by atoms with Crippen LogP contribution in [0.4, 0.5) is 5.69 Å².